The molecule has 3 aromatic rings. The smallest absolute Gasteiger partial charge is 0.0581 e. The van der Waals surface area contributed by atoms with Gasteiger partial charge in [-0.15, -0.1) is 0 Å². The quantitative estimate of drug-likeness (QED) is 0.267. The van der Waals surface area contributed by atoms with E-state index in [9.17, 15) is 0 Å². The fourth-order valence-electron chi connectivity index (χ4n) is 5.28. The molecule has 0 saturated carbocycles. The van der Waals surface area contributed by atoms with Crippen LogP contribution in [0.4, 0.5) is 28.4 Å². The molecule has 2 unspecified atom stereocenters. The van der Waals surface area contributed by atoms with E-state index in [0.717, 1.165) is 43.1 Å². The maximum Gasteiger partial charge on any atom is 0.0581 e. The molecule has 6 nitrogen and oxygen atoms in total. The second-order valence-electron chi connectivity index (χ2n) is 10.7. The molecule has 0 aromatic heterocycles. The third-order valence-corrected chi connectivity index (χ3v) is 7.26. The van der Waals surface area contributed by atoms with Crippen molar-refractivity contribution in [3.8, 4) is 0 Å². The van der Waals surface area contributed by atoms with Gasteiger partial charge >= 0.3 is 0 Å². The lowest BCUT2D eigenvalue weighted by atomic mass is 9.88. The Balaban J connectivity index is 1.55. The van der Waals surface area contributed by atoms with Crippen molar-refractivity contribution >= 4 is 28.4 Å². The van der Waals surface area contributed by atoms with Gasteiger partial charge < -0.3 is 32.3 Å². The zero-order valence-electron chi connectivity index (χ0n) is 22.0. The monoisotopic (exact) mass is 486 g/mol. The molecule has 1 aliphatic heterocycles. The molecule has 0 fully saturated rings. The van der Waals surface area contributed by atoms with Crippen LogP contribution in [0.3, 0.4) is 0 Å². The molecular weight excluding hydrogens is 444 g/mol. The van der Waals surface area contributed by atoms with Crippen molar-refractivity contribution in [2.45, 2.75) is 45.2 Å². The fraction of sp³-hybridized carbons (Fsp3) is 0.400. The highest BCUT2D eigenvalue weighted by molar-refractivity contribution is 5.77. The van der Waals surface area contributed by atoms with Gasteiger partial charge in [-0.1, -0.05) is 43.3 Å². The molecule has 0 saturated heterocycles. The zero-order chi connectivity index (χ0) is 25.7. The lowest BCUT2D eigenvalue weighted by Crippen LogP contribution is -2.22. The minimum atomic E-state index is 0.471. The average Bonchev–Trinajstić information content (AvgIpc) is 3.15. The highest BCUT2D eigenvalue weighted by atomic mass is 15.2. The molecular formula is C30H42N6. The van der Waals surface area contributed by atoms with Crippen molar-refractivity contribution in [1.82, 2.24) is 4.90 Å². The first-order chi connectivity index (χ1) is 17.3. The van der Waals surface area contributed by atoms with Crippen LogP contribution in [0, 0.1) is 5.92 Å². The topological polar surface area (TPSA) is 96.6 Å². The highest BCUT2D eigenvalue weighted by Crippen LogP contribution is 2.44. The Hall–Kier alpha value is -3.38. The Labute approximate surface area is 216 Å². The van der Waals surface area contributed by atoms with Crippen LogP contribution in [-0.2, 0) is 13.1 Å². The fourth-order valence-corrected chi connectivity index (χ4v) is 5.28. The lowest BCUT2D eigenvalue weighted by Gasteiger charge is -2.22. The summed E-state index contributed by atoms with van der Waals surface area (Å²) in [5.41, 5.74) is 26.7. The van der Waals surface area contributed by atoms with Crippen molar-refractivity contribution < 1.29 is 0 Å². The van der Waals surface area contributed by atoms with Crippen LogP contribution >= 0.6 is 0 Å². The van der Waals surface area contributed by atoms with Gasteiger partial charge in [-0.2, -0.15) is 0 Å². The van der Waals surface area contributed by atoms with Gasteiger partial charge in [0.2, 0.25) is 0 Å². The normalized spacial score (nSPS) is 15.8. The number of rotatable bonds is 11. The second kappa shape index (κ2) is 11.6. The largest absolute Gasteiger partial charge is 0.397 e. The van der Waals surface area contributed by atoms with E-state index in [1.807, 2.05) is 18.2 Å². The Bertz CT molecular complexity index is 1140. The third-order valence-electron chi connectivity index (χ3n) is 7.26. The van der Waals surface area contributed by atoms with E-state index in [-0.39, 0.29) is 0 Å². The number of hydrogen-bond donors (Lipinski definition) is 4. The predicted octanol–water partition coefficient (Wildman–Crippen LogP) is 5.52. The Kier molecular flexibility index (Phi) is 8.26. The average molecular weight is 487 g/mol. The molecule has 7 N–H and O–H groups in total. The summed E-state index contributed by atoms with van der Waals surface area (Å²) >= 11 is 0. The van der Waals surface area contributed by atoms with Gasteiger partial charge in [0.25, 0.3) is 0 Å². The van der Waals surface area contributed by atoms with Gasteiger partial charge in [-0.25, -0.2) is 0 Å². The van der Waals surface area contributed by atoms with E-state index in [4.69, 9.17) is 17.2 Å². The van der Waals surface area contributed by atoms with Gasteiger partial charge in [-0.05, 0) is 86.8 Å². The second-order valence-corrected chi connectivity index (χ2v) is 10.7. The van der Waals surface area contributed by atoms with Gasteiger partial charge in [0.15, 0.2) is 0 Å². The summed E-state index contributed by atoms with van der Waals surface area (Å²) < 4.78 is 0. The van der Waals surface area contributed by atoms with Gasteiger partial charge in [-0.3, -0.25) is 0 Å². The van der Waals surface area contributed by atoms with Crippen molar-refractivity contribution in [2.24, 2.45) is 5.92 Å². The SMILES string of the molecule is CC(CCCN(C)C)CC1CN(Cc2ccc(N)c(N)c2)c2cc(N)c(NCc3ccccc3)cc21. The maximum absolute atomic E-state index is 6.57. The van der Waals surface area contributed by atoms with E-state index in [1.54, 1.807) is 0 Å². The molecule has 1 heterocycles. The van der Waals surface area contributed by atoms with Crippen LogP contribution in [0.15, 0.2) is 60.7 Å². The van der Waals surface area contributed by atoms with Gasteiger partial charge in [0.05, 0.1) is 22.7 Å². The van der Waals surface area contributed by atoms with Gasteiger partial charge in [0, 0.05) is 31.2 Å². The summed E-state index contributed by atoms with van der Waals surface area (Å²) in [7, 11) is 4.29. The van der Waals surface area contributed by atoms with Crippen molar-refractivity contribution in [3.05, 3.63) is 77.4 Å². The summed E-state index contributed by atoms with van der Waals surface area (Å²) in [6.07, 6.45) is 3.64. The molecule has 0 bridgehead atoms. The van der Waals surface area contributed by atoms with Crippen LogP contribution in [0.25, 0.3) is 0 Å². The molecule has 0 aliphatic carbocycles. The van der Waals surface area contributed by atoms with Gasteiger partial charge in [0.1, 0.15) is 0 Å². The number of fused-ring (bicyclic) bond motifs is 1. The van der Waals surface area contributed by atoms with Crippen LogP contribution in [-0.4, -0.2) is 32.1 Å². The van der Waals surface area contributed by atoms with Crippen molar-refractivity contribution in [1.29, 1.82) is 0 Å². The van der Waals surface area contributed by atoms with Crippen molar-refractivity contribution in [2.75, 3.05) is 54.6 Å². The molecule has 1 aliphatic rings. The van der Waals surface area contributed by atoms with E-state index >= 15 is 0 Å². The first-order valence-electron chi connectivity index (χ1n) is 13.0. The minimum Gasteiger partial charge on any atom is -0.397 e. The molecule has 3 aromatic carbocycles. The number of nitrogen functional groups attached to an aromatic ring is 3. The summed E-state index contributed by atoms with van der Waals surface area (Å²) in [6, 6.07) is 20.9. The molecule has 0 spiro atoms. The number of nitrogens with two attached hydrogens (primary N) is 3. The van der Waals surface area contributed by atoms with Crippen LogP contribution in [0.1, 0.15) is 48.8 Å². The maximum atomic E-state index is 6.57. The minimum absolute atomic E-state index is 0.471. The summed E-state index contributed by atoms with van der Waals surface area (Å²) in [4.78, 5) is 4.72. The first kappa shape index (κ1) is 25.7. The predicted molar refractivity (Wildman–Crippen MR) is 155 cm³/mol. The highest BCUT2D eigenvalue weighted by Gasteiger charge is 2.31. The molecule has 4 rings (SSSR count). The third kappa shape index (κ3) is 6.43. The molecule has 0 amide bonds. The zero-order valence-corrected chi connectivity index (χ0v) is 22.0. The van der Waals surface area contributed by atoms with Crippen LogP contribution in [0.2, 0.25) is 0 Å². The van der Waals surface area contributed by atoms with Crippen LogP contribution < -0.4 is 27.4 Å². The summed E-state index contributed by atoms with van der Waals surface area (Å²) in [5.74, 6) is 1.13. The summed E-state index contributed by atoms with van der Waals surface area (Å²) in [6.45, 7) is 6.06. The Morgan fingerprint density at radius 3 is 2.44 bits per heavy atom. The van der Waals surface area contributed by atoms with E-state index in [2.05, 4.69) is 78.6 Å². The van der Waals surface area contributed by atoms with Crippen LogP contribution in [0.5, 0.6) is 0 Å². The van der Waals surface area contributed by atoms with E-state index < -0.39 is 0 Å². The molecule has 6 heteroatoms. The lowest BCUT2D eigenvalue weighted by molar-refractivity contribution is 0.358. The molecule has 0 radical (unpaired) electrons. The number of anilines is 5. The Morgan fingerprint density at radius 1 is 0.944 bits per heavy atom. The Morgan fingerprint density at radius 2 is 1.72 bits per heavy atom. The van der Waals surface area contributed by atoms with Crippen molar-refractivity contribution in [3.63, 3.8) is 0 Å². The number of benzene rings is 3. The van der Waals surface area contributed by atoms with E-state index in [1.165, 1.54) is 36.1 Å². The molecule has 2 atom stereocenters. The number of hydrogen-bond acceptors (Lipinski definition) is 6. The number of nitrogens with one attached hydrogen (secondary N) is 1. The number of nitrogens with zero attached hydrogens (tertiary/aromatic N) is 2. The first-order valence-corrected chi connectivity index (χ1v) is 13.0. The summed E-state index contributed by atoms with van der Waals surface area (Å²) in [5, 5.41) is 3.58. The molecule has 36 heavy (non-hydrogen) atoms. The standard InChI is InChI=1S/C30H42N6/c1-21(8-7-13-35(2)3)14-24-20-36(19-23-11-12-26(31)27(32)15-23)30-17-28(33)29(16-25(24)30)34-18-22-9-5-4-6-10-22/h4-6,9-12,15-17,21,24,34H,7-8,13-14,18-20,31-33H2,1-3H3. The molecule has 192 valence electrons. The van der Waals surface area contributed by atoms with E-state index in [0.29, 0.717) is 23.2 Å².